The molecule has 3 amide bonds. The third-order valence-electron chi connectivity index (χ3n) is 7.88. The van der Waals surface area contributed by atoms with Gasteiger partial charge in [0.25, 0.3) is 0 Å². The average molecular weight is 722 g/mol. The lowest BCUT2D eigenvalue weighted by Gasteiger charge is -2.31. The number of hydrogen-bond donors (Lipinski definition) is 1. The highest BCUT2D eigenvalue weighted by atomic mass is 79.9. The Morgan fingerprint density at radius 2 is 1.61 bits per heavy atom. The van der Waals surface area contributed by atoms with Gasteiger partial charge in [-0.15, -0.1) is 0 Å². The van der Waals surface area contributed by atoms with Crippen LogP contribution in [0.3, 0.4) is 0 Å². The number of carbonyl (C=O) groups excluding carboxylic acids is 4. The summed E-state index contributed by atoms with van der Waals surface area (Å²) < 4.78 is 7.20. The summed E-state index contributed by atoms with van der Waals surface area (Å²) in [7, 11) is 3.86. The maximum absolute atomic E-state index is 14.1. The molecule has 3 aromatic carbocycles. The van der Waals surface area contributed by atoms with Crippen molar-refractivity contribution in [2.45, 2.75) is 29.7 Å². The highest BCUT2D eigenvalue weighted by molar-refractivity contribution is 9.10. The van der Waals surface area contributed by atoms with Crippen LogP contribution in [0, 0.1) is 5.92 Å². The molecule has 1 aromatic heterocycles. The second-order valence-electron chi connectivity index (χ2n) is 11.0. The average Bonchev–Trinajstić information content (AvgIpc) is 3.48. The van der Waals surface area contributed by atoms with Crippen LogP contribution in [-0.4, -0.2) is 54.2 Å². The molecule has 0 saturated carbocycles. The summed E-state index contributed by atoms with van der Waals surface area (Å²) in [6.07, 6.45) is 0. The van der Waals surface area contributed by atoms with Gasteiger partial charge in [-0.1, -0.05) is 51.2 Å². The van der Waals surface area contributed by atoms with Crippen LogP contribution in [0.1, 0.15) is 33.6 Å². The number of aromatic nitrogens is 1. The minimum Gasteiger partial charge on any atom is -0.462 e. The molecule has 0 radical (unpaired) electrons. The Labute approximate surface area is 281 Å². The summed E-state index contributed by atoms with van der Waals surface area (Å²) in [4.78, 5) is 70.1. The monoisotopic (exact) mass is 720 g/mol. The van der Waals surface area contributed by atoms with Gasteiger partial charge in [0.1, 0.15) is 11.8 Å². The number of benzene rings is 3. The number of imide groups is 1. The number of thiazole rings is 1. The smallest absolute Gasteiger partial charge is 0.338 e. The molecule has 3 heterocycles. The van der Waals surface area contributed by atoms with E-state index in [0.717, 1.165) is 27.1 Å². The molecule has 3 atom stereocenters. The van der Waals surface area contributed by atoms with Crippen molar-refractivity contribution in [3.05, 3.63) is 103 Å². The van der Waals surface area contributed by atoms with Crippen LogP contribution < -0.4 is 20.0 Å². The standard InChI is InChI=1S/C33H29BrN4O6S2/c1-4-44-32(42)19-5-11-21(12-6-19)35-24(39)17-37-31-28(46-33(37)43)25(18-7-13-22(14-8-18)36(2)3)26-27(45-31)30(41)38(29(26)40)23-15-9-20(34)10-16-23/h5-16,25-27H,4,17H2,1-3H3,(H,35,39)/t25-,26?,27?/m1/s1. The van der Waals surface area contributed by atoms with E-state index in [1.165, 1.54) is 21.2 Å². The summed E-state index contributed by atoms with van der Waals surface area (Å²) in [5.74, 6) is -2.90. The van der Waals surface area contributed by atoms with Crippen LogP contribution in [0.4, 0.5) is 17.1 Å². The summed E-state index contributed by atoms with van der Waals surface area (Å²) in [5.41, 5.74) is 3.05. The van der Waals surface area contributed by atoms with Gasteiger partial charge < -0.3 is 15.0 Å². The predicted octanol–water partition coefficient (Wildman–Crippen LogP) is 5.35. The molecular formula is C33H29BrN4O6S2. The molecule has 2 aliphatic heterocycles. The Hall–Kier alpha value is -4.20. The number of rotatable bonds is 8. The molecule has 6 rings (SSSR count). The van der Waals surface area contributed by atoms with Crippen molar-refractivity contribution in [2.24, 2.45) is 5.92 Å². The zero-order valence-electron chi connectivity index (χ0n) is 25.1. The Bertz CT molecular complexity index is 1890. The SMILES string of the molecule is CCOC(=O)c1ccc(NC(=O)Cn2c3c(sc2=O)[C@H](c2ccc(N(C)C)cc2)C2C(=O)N(c4ccc(Br)cc4)C(=O)C2S3)cc1. The molecule has 10 nitrogen and oxygen atoms in total. The number of anilines is 3. The van der Waals surface area contributed by atoms with Crippen molar-refractivity contribution >= 4 is 79.8 Å². The van der Waals surface area contributed by atoms with Crippen molar-refractivity contribution < 1.29 is 23.9 Å². The molecule has 0 bridgehead atoms. The summed E-state index contributed by atoms with van der Waals surface area (Å²) in [5, 5.41) is 2.49. The van der Waals surface area contributed by atoms with Crippen molar-refractivity contribution in [1.29, 1.82) is 0 Å². The van der Waals surface area contributed by atoms with Crippen LogP contribution in [0.2, 0.25) is 0 Å². The van der Waals surface area contributed by atoms with E-state index in [-0.39, 0.29) is 29.8 Å². The topological polar surface area (TPSA) is 118 Å². The van der Waals surface area contributed by atoms with Crippen molar-refractivity contribution in [3.8, 4) is 0 Å². The van der Waals surface area contributed by atoms with E-state index in [1.807, 2.05) is 43.3 Å². The minimum atomic E-state index is -0.791. The molecule has 0 aliphatic carbocycles. The van der Waals surface area contributed by atoms with Crippen molar-refractivity contribution in [1.82, 2.24) is 4.57 Å². The van der Waals surface area contributed by atoms with Gasteiger partial charge in [0.2, 0.25) is 17.7 Å². The number of nitrogens with zero attached hydrogens (tertiary/aromatic N) is 3. The van der Waals surface area contributed by atoms with Gasteiger partial charge in [-0.3, -0.25) is 23.7 Å². The number of nitrogens with one attached hydrogen (secondary N) is 1. The molecule has 1 fully saturated rings. The van der Waals surface area contributed by atoms with Gasteiger partial charge in [-0.2, -0.15) is 0 Å². The Kier molecular flexibility index (Phi) is 8.90. The first kappa shape index (κ1) is 31.8. The normalized spacial score (nSPS) is 18.6. The van der Waals surface area contributed by atoms with E-state index < -0.39 is 29.0 Å². The Morgan fingerprint density at radius 3 is 2.24 bits per heavy atom. The number of carbonyl (C=O) groups is 4. The maximum Gasteiger partial charge on any atom is 0.338 e. The van der Waals surface area contributed by atoms with Crippen LogP contribution in [0.25, 0.3) is 0 Å². The van der Waals surface area contributed by atoms with Gasteiger partial charge in [0, 0.05) is 40.7 Å². The third kappa shape index (κ3) is 5.90. The number of halogens is 1. The maximum atomic E-state index is 14.1. The fourth-order valence-electron chi connectivity index (χ4n) is 5.69. The molecule has 236 valence electrons. The van der Waals surface area contributed by atoms with E-state index in [4.69, 9.17) is 4.74 Å². The van der Waals surface area contributed by atoms with Gasteiger partial charge in [-0.25, -0.2) is 9.69 Å². The highest BCUT2D eigenvalue weighted by Gasteiger charge is 2.56. The van der Waals surface area contributed by atoms with Gasteiger partial charge in [0.05, 0.1) is 28.8 Å². The predicted molar refractivity (Wildman–Crippen MR) is 182 cm³/mol. The van der Waals surface area contributed by atoms with E-state index in [2.05, 4.69) is 21.2 Å². The molecule has 13 heteroatoms. The van der Waals surface area contributed by atoms with Crippen molar-refractivity contribution in [2.75, 3.05) is 35.8 Å². The number of amides is 3. The zero-order chi connectivity index (χ0) is 32.7. The van der Waals surface area contributed by atoms with Crippen LogP contribution in [-0.2, 0) is 25.7 Å². The van der Waals surface area contributed by atoms with E-state index >= 15 is 0 Å². The molecule has 4 aromatic rings. The Morgan fingerprint density at radius 1 is 0.935 bits per heavy atom. The Balaban J connectivity index is 1.34. The van der Waals surface area contributed by atoms with E-state index in [0.29, 0.717) is 26.8 Å². The first-order valence-corrected chi connectivity index (χ1v) is 16.9. The fourth-order valence-corrected chi connectivity index (χ4v) is 8.72. The lowest BCUT2D eigenvalue weighted by atomic mass is 9.83. The first-order valence-electron chi connectivity index (χ1n) is 14.4. The lowest BCUT2D eigenvalue weighted by Crippen LogP contribution is -2.33. The molecule has 1 N–H and O–H groups in total. The quantitative estimate of drug-likeness (QED) is 0.191. The molecule has 2 unspecified atom stereocenters. The second kappa shape index (κ2) is 12.9. The molecule has 1 saturated heterocycles. The fraction of sp³-hybridized carbons (Fsp3) is 0.242. The highest BCUT2D eigenvalue weighted by Crippen LogP contribution is 2.54. The molecule has 0 spiro atoms. The van der Waals surface area contributed by atoms with E-state index in [1.54, 1.807) is 55.5 Å². The number of hydrogen-bond acceptors (Lipinski definition) is 9. The molecule has 2 aliphatic rings. The number of ether oxygens (including phenoxy) is 1. The second-order valence-corrected chi connectivity index (χ2v) is 14.0. The third-order valence-corrected chi connectivity index (χ3v) is 11.0. The molecule has 46 heavy (non-hydrogen) atoms. The van der Waals surface area contributed by atoms with Gasteiger partial charge in [0.15, 0.2) is 0 Å². The zero-order valence-corrected chi connectivity index (χ0v) is 28.3. The molecular weight excluding hydrogens is 692 g/mol. The van der Waals surface area contributed by atoms with Crippen LogP contribution in [0.5, 0.6) is 0 Å². The minimum absolute atomic E-state index is 0.251. The summed E-state index contributed by atoms with van der Waals surface area (Å²) in [6, 6.07) is 21.0. The summed E-state index contributed by atoms with van der Waals surface area (Å²) >= 11 is 5.57. The van der Waals surface area contributed by atoms with Crippen LogP contribution in [0.15, 0.2) is 87.1 Å². The van der Waals surface area contributed by atoms with E-state index in [9.17, 15) is 24.0 Å². The number of esters is 1. The lowest BCUT2D eigenvalue weighted by molar-refractivity contribution is -0.122. The largest absolute Gasteiger partial charge is 0.462 e. The summed E-state index contributed by atoms with van der Waals surface area (Å²) in [6.45, 7) is 1.68. The van der Waals surface area contributed by atoms with Crippen molar-refractivity contribution in [3.63, 3.8) is 0 Å². The van der Waals surface area contributed by atoms with Gasteiger partial charge in [-0.05, 0) is 73.2 Å². The van der Waals surface area contributed by atoms with Crippen LogP contribution >= 0.6 is 39.0 Å². The number of fused-ring (bicyclic) bond motifs is 2. The number of thioether (sulfide) groups is 1. The first-order chi connectivity index (χ1) is 22.1. The van der Waals surface area contributed by atoms with Gasteiger partial charge >= 0.3 is 10.8 Å².